The number of benzene rings is 2. The second-order valence-corrected chi connectivity index (χ2v) is 18.4. The number of hydrogen-bond acceptors (Lipinski definition) is 11. The van der Waals surface area contributed by atoms with E-state index >= 15 is 0 Å². The van der Waals surface area contributed by atoms with Gasteiger partial charge in [-0.15, -0.1) is 0 Å². The van der Waals surface area contributed by atoms with E-state index in [-0.39, 0.29) is 43.3 Å². The number of carbonyl (C=O) groups excluding carboxylic acids is 4. The predicted molar refractivity (Wildman–Crippen MR) is 242 cm³/mol. The molecule has 1 fully saturated rings. The van der Waals surface area contributed by atoms with E-state index in [1.54, 1.807) is 32.5 Å². The number of esters is 1. The summed E-state index contributed by atoms with van der Waals surface area (Å²) in [5.74, 6) is -2.80. The first-order valence-electron chi connectivity index (χ1n) is 22.0. The van der Waals surface area contributed by atoms with Gasteiger partial charge in [-0.3, -0.25) is 34.2 Å². The molecule has 0 radical (unpaired) electrons. The first-order chi connectivity index (χ1) is 30.0. The van der Waals surface area contributed by atoms with E-state index in [0.717, 1.165) is 44.5 Å². The Morgan fingerprint density at radius 1 is 1.13 bits per heavy atom. The fourth-order valence-corrected chi connectivity index (χ4v) is 9.39. The lowest BCUT2D eigenvalue weighted by molar-refractivity contribution is -0.155. The van der Waals surface area contributed by atoms with Gasteiger partial charge in [0.2, 0.25) is 11.8 Å². The number of carbonyl (C=O) groups is 4. The molecule has 63 heavy (non-hydrogen) atoms. The molecular formula is C48H62N8O7. The molecule has 5 N–H and O–H groups in total. The molecule has 6 atom stereocenters. The van der Waals surface area contributed by atoms with Crippen LogP contribution >= 0.6 is 0 Å². The number of hydrogen-bond donors (Lipinski definition) is 4. The summed E-state index contributed by atoms with van der Waals surface area (Å²) in [7, 11) is 3.24. The van der Waals surface area contributed by atoms with Crippen LogP contribution < -0.4 is 16.5 Å². The Labute approximate surface area is 369 Å². The molecule has 15 nitrogen and oxygen atoms in total. The minimum Gasteiger partial charge on any atom is -0.508 e. The van der Waals surface area contributed by atoms with Crippen LogP contribution in [-0.4, -0.2) is 112 Å². The number of pyridine rings is 1. The monoisotopic (exact) mass is 862 g/mol. The van der Waals surface area contributed by atoms with Gasteiger partial charge in [-0.25, -0.2) is 5.43 Å². The third-order valence-electron chi connectivity index (χ3n) is 12.7. The molecule has 336 valence electrons. The van der Waals surface area contributed by atoms with Gasteiger partial charge in [0.25, 0.3) is 5.91 Å². The molecular weight excluding hydrogens is 801 g/mol. The Hall–Kier alpha value is -5.64. The van der Waals surface area contributed by atoms with E-state index in [1.165, 1.54) is 16.1 Å². The SMILES string of the molecule is CCn1c(-c2cccnc2[C@H](C)OC)c2c3cc(ccc31)-c1cc(O)cc(c1)C[C@H](NC(=O)C(C(C)C)N(C)C(=O)[C@H]1C=NC[C@H]1N)C(=O)N1CCC[C@H](N1)C(=O)OCC(C)(C)C2. The zero-order valence-electron chi connectivity index (χ0n) is 37.7. The highest BCUT2D eigenvalue weighted by Crippen LogP contribution is 2.42. The minimum atomic E-state index is -1.15. The van der Waals surface area contributed by atoms with Crippen molar-refractivity contribution in [2.45, 2.75) is 104 Å². The third-order valence-corrected chi connectivity index (χ3v) is 12.7. The fourth-order valence-electron chi connectivity index (χ4n) is 9.39. The molecule has 4 aromatic rings. The van der Waals surface area contributed by atoms with Crippen LogP contribution in [0.25, 0.3) is 33.3 Å². The second-order valence-electron chi connectivity index (χ2n) is 18.4. The average Bonchev–Trinajstić information content (AvgIpc) is 3.83. The number of rotatable bonds is 9. The number of ether oxygens (including phenoxy) is 2. The number of nitrogens with two attached hydrogens (primary N) is 1. The molecule has 3 aliphatic heterocycles. The number of aryl methyl sites for hydroxylation is 1. The molecule has 15 heteroatoms. The van der Waals surface area contributed by atoms with Gasteiger partial charge in [0, 0.05) is 74.0 Å². The summed E-state index contributed by atoms with van der Waals surface area (Å²) in [6.07, 6.45) is 4.55. The van der Waals surface area contributed by atoms with Gasteiger partial charge in [0.15, 0.2) is 0 Å². The van der Waals surface area contributed by atoms with Gasteiger partial charge in [0.05, 0.1) is 36.6 Å². The maximum Gasteiger partial charge on any atom is 0.324 e. The van der Waals surface area contributed by atoms with Crippen LogP contribution in [0.3, 0.4) is 0 Å². The van der Waals surface area contributed by atoms with Crippen molar-refractivity contribution in [3.8, 4) is 28.1 Å². The summed E-state index contributed by atoms with van der Waals surface area (Å²) in [5, 5.41) is 16.7. The van der Waals surface area contributed by atoms with Crippen LogP contribution in [0.1, 0.15) is 77.3 Å². The number of cyclic esters (lactones) is 1. The molecule has 0 aliphatic carbocycles. The maximum absolute atomic E-state index is 14.6. The number of hydrazine groups is 1. The molecule has 1 unspecified atom stereocenters. The van der Waals surface area contributed by atoms with Gasteiger partial charge >= 0.3 is 5.97 Å². The summed E-state index contributed by atoms with van der Waals surface area (Å²) in [6, 6.07) is 12.1. The summed E-state index contributed by atoms with van der Waals surface area (Å²) in [4.78, 5) is 66.9. The smallest absolute Gasteiger partial charge is 0.324 e. The van der Waals surface area contributed by atoms with Gasteiger partial charge in [0.1, 0.15) is 23.9 Å². The molecule has 1 saturated heterocycles. The predicted octanol–water partition coefficient (Wildman–Crippen LogP) is 4.96. The highest BCUT2D eigenvalue weighted by Gasteiger charge is 2.40. The van der Waals surface area contributed by atoms with E-state index in [0.29, 0.717) is 37.9 Å². The van der Waals surface area contributed by atoms with E-state index in [2.05, 4.69) is 59.3 Å². The largest absolute Gasteiger partial charge is 0.508 e. The number of aromatic hydroxyl groups is 1. The Balaban J connectivity index is 1.34. The summed E-state index contributed by atoms with van der Waals surface area (Å²) >= 11 is 0. The van der Waals surface area contributed by atoms with Crippen molar-refractivity contribution < 1.29 is 33.8 Å². The number of aromatic nitrogens is 2. The Morgan fingerprint density at radius 3 is 2.60 bits per heavy atom. The average molecular weight is 863 g/mol. The Morgan fingerprint density at radius 2 is 1.90 bits per heavy atom. The summed E-state index contributed by atoms with van der Waals surface area (Å²) in [5.41, 5.74) is 15.8. The lowest BCUT2D eigenvalue weighted by atomic mass is 9.84. The van der Waals surface area contributed by atoms with Crippen LogP contribution in [0.5, 0.6) is 5.75 Å². The van der Waals surface area contributed by atoms with Crippen molar-refractivity contribution in [2.24, 2.45) is 28.0 Å². The number of fused-ring (bicyclic) bond motifs is 6. The van der Waals surface area contributed by atoms with Crippen molar-refractivity contribution in [1.29, 1.82) is 0 Å². The molecule has 7 rings (SSSR count). The van der Waals surface area contributed by atoms with Gasteiger partial charge < -0.3 is 35.1 Å². The Kier molecular flexibility index (Phi) is 13.4. The zero-order valence-corrected chi connectivity index (χ0v) is 37.7. The van der Waals surface area contributed by atoms with Crippen LogP contribution in [0.15, 0.2) is 59.7 Å². The van der Waals surface area contributed by atoms with Crippen LogP contribution in [0, 0.1) is 17.3 Å². The number of nitrogens with zero attached hydrogens (tertiary/aromatic N) is 5. The topological polar surface area (TPSA) is 194 Å². The number of methoxy groups -OCH3 is 1. The normalized spacial score (nSPS) is 22.4. The van der Waals surface area contributed by atoms with E-state index < -0.39 is 53.3 Å². The van der Waals surface area contributed by atoms with E-state index in [9.17, 15) is 24.3 Å². The first kappa shape index (κ1) is 45.4. The van der Waals surface area contributed by atoms with Crippen LogP contribution in [0.2, 0.25) is 0 Å². The second kappa shape index (κ2) is 18.6. The lowest BCUT2D eigenvalue weighted by Crippen LogP contribution is -2.62. The Bertz CT molecular complexity index is 2410. The van der Waals surface area contributed by atoms with Crippen molar-refractivity contribution >= 4 is 40.8 Å². The minimum absolute atomic E-state index is 0.00140. The number of amides is 3. The molecule has 5 heterocycles. The molecule has 2 aromatic heterocycles. The molecule has 2 aromatic carbocycles. The molecule has 3 amide bonds. The van der Waals surface area contributed by atoms with E-state index in [4.69, 9.17) is 20.2 Å². The maximum atomic E-state index is 14.6. The number of likely N-dealkylation sites (N-methyl/N-ethyl adjacent to an activating group) is 1. The number of phenolic OH excluding ortho intramolecular Hbond substituents is 1. The molecule has 0 saturated carbocycles. The summed E-state index contributed by atoms with van der Waals surface area (Å²) < 4.78 is 14.2. The zero-order chi connectivity index (χ0) is 45.3. The van der Waals surface area contributed by atoms with Gasteiger partial charge in [-0.2, -0.15) is 0 Å². The van der Waals surface area contributed by atoms with Crippen LogP contribution in [0.4, 0.5) is 0 Å². The molecule has 0 spiro atoms. The first-order valence-corrected chi connectivity index (χ1v) is 22.0. The van der Waals surface area contributed by atoms with E-state index in [1.807, 2.05) is 39.0 Å². The third kappa shape index (κ3) is 9.36. The number of phenols is 1. The van der Waals surface area contributed by atoms with Gasteiger partial charge in [-0.05, 0) is 97.7 Å². The van der Waals surface area contributed by atoms with Crippen molar-refractivity contribution in [3.63, 3.8) is 0 Å². The number of aliphatic imine (C=N–C) groups is 1. The molecule has 3 aliphatic rings. The quantitative estimate of drug-likeness (QED) is 0.167. The van der Waals surface area contributed by atoms with Crippen LogP contribution in [-0.2, 0) is 48.0 Å². The van der Waals surface area contributed by atoms with Gasteiger partial charge in [-0.1, -0.05) is 39.8 Å². The van der Waals surface area contributed by atoms with Crippen molar-refractivity contribution in [3.05, 3.63) is 71.5 Å². The fraction of sp³-hybridized carbons (Fsp3) is 0.500. The summed E-state index contributed by atoms with van der Waals surface area (Å²) in [6.45, 7) is 13.3. The standard InChI is InChI=1S/C48H62N8O7/c1-9-55-40-15-14-30-22-34(40)35(43(55)33-12-10-16-51-41(33)28(4)62-8)23-48(5,6)26-63-47(61)38-13-11-17-56(53-38)46(60)39(20-29-18-31(30)21-32(57)19-29)52-44(58)42(27(2)3)54(7)45(59)36-24-50-25-37(36)49/h10,12,14-16,18-19,21-22,24,27-28,36-39,42,53,57H,9,11,13,17,20,23,25-26,49H2,1-8H3,(H,52,58)/t28-,36-,37+,38-,39-,42?/m0/s1. The highest BCUT2D eigenvalue weighted by atomic mass is 16.5. The van der Waals surface area contributed by atoms with Crippen molar-refractivity contribution in [2.75, 3.05) is 33.9 Å². The molecule has 6 bridgehead atoms. The van der Waals surface area contributed by atoms with Crippen molar-refractivity contribution in [1.82, 2.24) is 30.2 Å². The lowest BCUT2D eigenvalue weighted by Gasteiger charge is -2.37. The number of nitrogens with one attached hydrogen (secondary N) is 2. The highest BCUT2D eigenvalue weighted by molar-refractivity contribution is 5.99.